The Hall–Kier alpha value is -2.33. The third-order valence-electron chi connectivity index (χ3n) is 8.30. The van der Waals surface area contributed by atoms with E-state index in [0.717, 1.165) is 45.3 Å². The summed E-state index contributed by atoms with van der Waals surface area (Å²) in [7, 11) is 0. The first-order valence-electron chi connectivity index (χ1n) is 12.7. The Kier molecular flexibility index (Phi) is 5.98. The fourth-order valence-electron chi connectivity index (χ4n) is 5.97. The molecule has 0 aromatic heterocycles. The van der Waals surface area contributed by atoms with Crippen LogP contribution < -0.4 is 5.32 Å². The lowest BCUT2D eigenvalue weighted by Crippen LogP contribution is -2.53. The second-order valence-electron chi connectivity index (χ2n) is 11.3. The molecule has 2 aromatic rings. The first-order chi connectivity index (χ1) is 15.8. The number of carbonyl (C=O) groups excluding carboxylic acids is 1. The molecule has 1 amide bonds. The quantitative estimate of drug-likeness (QED) is 0.598. The highest BCUT2D eigenvalue weighted by Crippen LogP contribution is 2.44. The van der Waals surface area contributed by atoms with Crippen LogP contribution in [0.25, 0.3) is 11.1 Å². The van der Waals surface area contributed by atoms with E-state index < -0.39 is 0 Å². The maximum Gasteiger partial charge on any atom is 0.407 e. The van der Waals surface area contributed by atoms with Gasteiger partial charge in [-0.2, -0.15) is 0 Å². The molecule has 176 valence electrons. The molecule has 0 radical (unpaired) electrons. The fourth-order valence-corrected chi connectivity index (χ4v) is 5.97. The van der Waals surface area contributed by atoms with Crippen molar-refractivity contribution in [3.8, 4) is 11.1 Å². The number of benzene rings is 2. The van der Waals surface area contributed by atoms with E-state index in [1.54, 1.807) is 0 Å². The van der Waals surface area contributed by atoms with E-state index in [2.05, 4.69) is 80.4 Å². The number of carbonyl (C=O) groups is 1. The van der Waals surface area contributed by atoms with Crippen LogP contribution in [0, 0.1) is 11.3 Å². The number of hydrogen-bond donors (Lipinski definition) is 1. The Labute approximate surface area is 198 Å². The van der Waals surface area contributed by atoms with Gasteiger partial charge in [-0.3, -0.25) is 4.90 Å². The molecule has 4 heteroatoms. The van der Waals surface area contributed by atoms with E-state index in [1.165, 1.54) is 27.8 Å². The van der Waals surface area contributed by atoms with Gasteiger partial charge in [0.2, 0.25) is 0 Å². The minimum absolute atomic E-state index is 0.0124. The van der Waals surface area contributed by atoms with Crippen LogP contribution in [0.5, 0.6) is 0 Å². The van der Waals surface area contributed by atoms with E-state index in [4.69, 9.17) is 4.74 Å². The maximum absolute atomic E-state index is 13.0. The van der Waals surface area contributed by atoms with Gasteiger partial charge >= 0.3 is 6.09 Å². The number of fused-ring (bicyclic) bond motifs is 4. The average Bonchev–Trinajstić information content (AvgIpc) is 2.81. The summed E-state index contributed by atoms with van der Waals surface area (Å²) >= 11 is 0. The van der Waals surface area contributed by atoms with Crippen LogP contribution in [0.15, 0.2) is 42.5 Å². The van der Waals surface area contributed by atoms with Crippen molar-refractivity contribution < 1.29 is 9.53 Å². The number of hydrogen-bond acceptors (Lipinski definition) is 3. The van der Waals surface area contributed by atoms with Gasteiger partial charge in [0.15, 0.2) is 0 Å². The normalized spacial score (nSPS) is 27.8. The number of nitrogens with one attached hydrogen (secondary N) is 1. The van der Waals surface area contributed by atoms with Crippen LogP contribution in [-0.2, 0) is 11.2 Å². The lowest BCUT2D eigenvalue weighted by atomic mass is 9.70. The molecule has 0 spiro atoms. The number of nitrogens with zero attached hydrogens (tertiary/aromatic N) is 1. The standard InChI is InChI=1S/C29H38N2O2/c1-19(2)20-5-7-21(8-6-20)23-9-10-25-24(17-23)11-14-29(3,4)27(25)30-28(32)33-26-18-31-15-12-22(26)13-16-31/h5-10,17,19,22,26-27H,11-16,18H2,1-4H3,(H,30,32)/t26-,27-/m0/s1. The average molecular weight is 447 g/mol. The first kappa shape index (κ1) is 22.5. The van der Waals surface area contributed by atoms with Crippen molar-refractivity contribution in [1.29, 1.82) is 0 Å². The number of alkyl carbamates (subject to hydrolysis) is 1. The van der Waals surface area contributed by atoms with Gasteiger partial charge < -0.3 is 10.1 Å². The maximum atomic E-state index is 13.0. The highest BCUT2D eigenvalue weighted by atomic mass is 16.6. The van der Waals surface area contributed by atoms with E-state index in [0.29, 0.717) is 11.8 Å². The van der Waals surface area contributed by atoms with Gasteiger partial charge in [-0.25, -0.2) is 4.79 Å². The molecule has 3 fully saturated rings. The molecular formula is C29H38N2O2. The summed E-state index contributed by atoms with van der Waals surface area (Å²) in [6.07, 6.45) is 4.16. The number of amides is 1. The number of aryl methyl sites for hydroxylation is 1. The zero-order valence-electron chi connectivity index (χ0n) is 20.6. The van der Waals surface area contributed by atoms with Crippen molar-refractivity contribution in [2.24, 2.45) is 11.3 Å². The number of ether oxygens (including phenoxy) is 1. The summed E-state index contributed by atoms with van der Waals surface area (Å²) in [5, 5.41) is 3.27. The summed E-state index contributed by atoms with van der Waals surface area (Å²) in [5.41, 5.74) is 6.43. The Balaban J connectivity index is 1.33. The SMILES string of the molecule is CC(C)c1ccc(-c2ccc3c(c2)CCC(C)(C)[C@H]3NC(=O)O[C@H]2CN3CCC2CC3)cc1. The summed E-state index contributed by atoms with van der Waals surface area (Å²) in [6, 6.07) is 15.6. The third-order valence-corrected chi connectivity index (χ3v) is 8.30. The molecule has 3 heterocycles. The van der Waals surface area contributed by atoms with Crippen molar-refractivity contribution in [1.82, 2.24) is 10.2 Å². The lowest BCUT2D eigenvalue weighted by molar-refractivity contribution is -0.0353. The van der Waals surface area contributed by atoms with Crippen molar-refractivity contribution in [2.75, 3.05) is 19.6 Å². The van der Waals surface area contributed by atoms with Crippen LogP contribution >= 0.6 is 0 Å². The molecule has 33 heavy (non-hydrogen) atoms. The van der Waals surface area contributed by atoms with Gasteiger partial charge in [0.1, 0.15) is 6.10 Å². The predicted molar refractivity (Wildman–Crippen MR) is 133 cm³/mol. The lowest BCUT2D eigenvalue weighted by Gasteiger charge is -2.44. The zero-order chi connectivity index (χ0) is 23.2. The molecule has 4 nitrogen and oxygen atoms in total. The molecule has 0 unspecified atom stereocenters. The molecule has 3 saturated heterocycles. The Morgan fingerprint density at radius 1 is 1.06 bits per heavy atom. The van der Waals surface area contributed by atoms with Crippen molar-refractivity contribution in [2.45, 2.75) is 71.4 Å². The Bertz CT molecular complexity index is 1000. The van der Waals surface area contributed by atoms with Crippen LogP contribution in [0.1, 0.15) is 75.6 Å². The minimum Gasteiger partial charge on any atom is -0.445 e. The van der Waals surface area contributed by atoms with Crippen LogP contribution in [-0.4, -0.2) is 36.7 Å². The van der Waals surface area contributed by atoms with Gasteiger partial charge in [0.05, 0.1) is 6.04 Å². The summed E-state index contributed by atoms with van der Waals surface area (Å²) in [6.45, 7) is 12.2. The van der Waals surface area contributed by atoms with Crippen LogP contribution in [0.2, 0.25) is 0 Å². The largest absolute Gasteiger partial charge is 0.445 e. The number of piperidine rings is 3. The Morgan fingerprint density at radius 3 is 2.39 bits per heavy atom. The predicted octanol–water partition coefficient (Wildman–Crippen LogP) is 6.31. The summed E-state index contributed by atoms with van der Waals surface area (Å²) < 4.78 is 5.97. The second kappa shape index (κ2) is 8.79. The molecular weight excluding hydrogens is 408 g/mol. The molecule has 1 N–H and O–H groups in total. The van der Waals surface area contributed by atoms with Crippen molar-refractivity contribution in [3.05, 3.63) is 59.2 Å². The monoisotopic (exact) mass is 446 g/mol. The first-order valence-corrected chi connectivity index (χ1v) is 12.7. The molecule has 6 rings (SSSR count). The molecule has 2 atom stereocenters. The third kappa shape index (κ3) is 4.55. The Morgan fingerprint density at radius 2 is 1.76 bits per heavy atom. The fraction of sp³-hybridized carbons (Fsp3) is 0.552. The van der Waals surface area contributed by atoms with E-state index in [1.807, 2.05) is 0 Å². The number of rotatable bonds is 4. The second-order valence-corrected chi connectivity index (χ2v) is 11.3. The van der Waals surface area contributed by atoms with Gasteiger partial charge in [-0.15, -0.1) is 0 Å². The topological polar surface area (TPSA) is 41.6 Å². The molecule has 1 aliphatic carbocycles. The molecule has 3 aliphatic heterocycles. The summed E-state index contributed by atoms with van der Waals surface area (Å²) in [4.78, 5) is 15.4. The minimum atomic E-state index is -0.256. The van der Waals surface area contributed by atoms with E-state index >= 15 is 0 Å². The molecule has 2 bridgehead atoms. The van der Waals surface area contributed by atoms with Gasteiger partial charge in [-0.1, -0.05) is 70.2 Å². The van der Waals surface area contributed by atoms with Crippen LogP contribution in [0.4, 0.5) is 4.79 Å². The summed E-state index contributed by atoms with van der Waals surface area (Å²) in [5.74, 6) is 1.06. The van der Waals surface area contributed by atoms with E-state index in [9.17, 15) is 4.79 Å². The molecule has 2 aromatic carbocycles. The highest BCUT2D eigenvalue weighted by Gasteiger charge is 2.40. The molecule has 0 saturated carbocycles. The van der Waals surface area contributed by atoms with Crippen LogP contribution in [0.3, 0.4) is 0 Å². The highest BCUT2D eigenvalue weighted by molar-refractivity contribution is 5.70. The zero-order valence-corrected chi connectivity index (χ0v) is 20.6. The van der Waals surface area contributed by atoms with E-state index in [-0.39, 0.29) is 23.7 Å². The van der Waals surface area contributed by atoms with Gasteiger partial charge in [0, 0.05) is 6.54 Å². The van der Waals surface area contributed by atoms with Gasteiger partial charge in [-0.05, 0) is 83.8 Å². The molecule has 4 aliphatic rings. The van der Waals surface area contributed by atoms with Crippen molar-refractivity contribution in [3.63, 3.8) is 0 Å². The smallest absolute Gasteiger partial charge is 0.407 e. The van der Waals surface area contributed by atoms with Gasteiger partial charge in [0.25, 0.3) is 0 Å². The van der Waals surface area contributed by atoms with Crippen molar-refractivity contribution >= 4 is 6.09 Å².